The average Bonchev–Trinajstić information content (AvgIpc) is 1.83. The van der Waals surface area contributed by atoms with E-state index in [1.54, 1.807) is 0 Å². The van der Waals surface area contributed by atoms with Gasteiger partial charge in [-0.05, 0) is 14.1 Å². The summed E-state index contributed by atoms with van der Waals surface area (Å²) in [6.07, 6.45) is -0.648. The van der Waals surface area contributed by atoms with Crippen LogP contribution < -0.4 is 10.6 Å². The lowest BCUT2D eigenvalue weighted by Gasteiger charge is -2.08. The summed E-state index contributed by atoms with van der Waals surface area (Å²) in [4.78, 5) is 10.5. The SMILES string of the molecule is CNC.O=C(NC(S)S)OC(S)S. The van der Waals surface area contributed by atoms with Gasteiger partial charge in [-0.15, -0.1) is 50.5 Å². The molecule has 0 spiro atoms. The van der Waals surface area contributed by atoms with Gasteiger partial charge in [0.25, 0.3) is 0 Å². The highest BCUT2D eigenvalue weighted by molar-refractivity contribution is 7.99. The summed E-state index contributed by atoms with van der Waals surface area (Å²) in [5.74, 6) is 0. The Hall–Kier alpha value is 0.630. The molecule has 0 aromatic carbocycles. The third-order valence-corrected chi connectivity index (χ3v) is 0.928. The molecule has 0 atom stereocenters. The van der Waals surface area contributed by atoms with Crippen molar-refractivity contribution in [2.45, 2.75) is 9.47 Å². The average molecular weight is 262 g/mol. The Morgan fingerprint density at radius 1 is 1.23 bits per heavy atom. The van der Waals surface area contributed by atoms with Crippen LogP contribution in [-0.2, 0) is 4.74 Å². The van der Waals surface area contributed by atoms with E-state index in [-0.39, 0.29) is 0 Å². The first-order valence-electron chi connectivity index (χ1n) is 3.22. The van der Waals surface area contributed by atoms with E-state index in [4.69, 9.17) is 0 Å². The number of rotatable bonds is 2. The van der Waals surface area contributed by atoms with Crippen molar-refractivity contribution in [1.29, 1.82) is 0 Å². The van der Waals surface area contributed by atoms with Gasteiger partial charge in [0.05, 0.1) is 0 Å². The van der Waals surface area contributed by atoms with Gasteiger partial charge in [-0.2, -0.15) is 0 Å². The summed E-state index contributed by atoms with van der Waals surface area (Å²) in [6, 6.07) is 0. The number of thiol groups is 4. The summed E-state index contributed by atoms with van der Waals surface area (Å²) in [6.45, 7) is 0. The number of carbonyl (C=O) groups excluding carboxylic acids is 1. The van der Waals surface area contributed by atoms with Crippen LogP contribution >= 0.6 is 50.5 Å². The van der Waals surface area contributed by atoms with Gasteiger partial charge in [0.15, 0.2) is 4.77 Å². The van der Waals surface area contributed by atoms with Crippen molar-refractivity contribution in [1.82, 2.24) is 10.6 Å². The molecule has 0 saturated heterocycles. The highest BCUT2D eigenvalue weighted by Gasteiger charge is 2.06. The number of nitrogens with one attached hydrogen (secondary N) is 2. The van der Waals surface area contributed by atoms with Crippen LogP contribution in [0.4, 0.5) is 4.79 Å². The van der Waals surface area contributed by atoms with Gasteiger partial charge in [-0.3, -0.25) is 0 Å². The van der Waals surface area contributed by atoms with Crippen LogP contribution in [0, 0.1) is 0 Å². The molecule has 1 amide bonds. The first kappa shape index (κ1) is 16.1. The molecule has 0 aromatic heterocycles. The second-order valence-electron chi connectivity index (χ2n) is 1.75. The zero-order valence-electron chi connectivity index (χ0n) is 7.26. The maximum Gasteiger partial charge on any atom is 0.410 e. The number of alkyl carbamates (subject to hydrolysis) is 1. The van der Waals surface area contributed by atoms with Crippen molar-refractivity contribution in [3.63, 3.8) is 0 Å². The molecular formula is C5H14N2O2S4. The molecule has 0 fully saturated rings. The zero-order valence-corrected chi connectivity index (χ0v) is 10.8. The fraction of sp³-hybridized carbons (Fsp3) is 0.800. The van der Waals surface area contributed by atoms with Gasteiger partial charge in [0.1, 0.15) is 4.71 Å². The van der Waals surface area contributed by atoms with Gasteiger partial charge in [0, 0.05) is 0 Å². The minimum atomic E-state index is -0.722. The minimum absolute atomic E-state index is 0.534. The van der Waals surface area contributed by atoms with Crippen LogP contribution in [0.5, 0.6) is 0 Å². The molecule has 0 bridgehead atoms. The van der Waals surface area contributed by atoms with Gasteiger partial charge in [-0.1, -0.05) is 0 Å². The second kappa shape index (κ2) is 10.7. The Morgan fingerprint density at radius 3 is 1.85 bits per heavy atom. The Balaban J connectivity index is 0. The molecule has 0 aliphatic rings. The summed E-state index contributed by atoms with van der Waals surface area (Å²) < 4.78 is 3.19. The molecule has 0 saturated carbocycles. The highest BCUT2D eigenvalue weighted by atomic mass is 32.2. The van der Waals surface area contributed by atoms with Crippen molar-refractivity contribution in [2.24, 2.45) is 0 Å². The third-order valence-electron chi connectivity index (χ3n) is 0.459. The molecule has 13 heavy (non-hydrogen) atoms. The normalized spacial score (nSPS) is 9.23. The van der Waals surface area contributed by atoms with E-state index in [1.807, 2.05) is 14.1 Å². The lowest BCUT2D eigenvalue weighted by Crippen LogP contribution is -2.28. The van der Waals surface area contributed by atoms with Gasteiger partial charge < -0.3 is 15.4 Å². The largest absolute Gasteiger partial charge is 0.425 e. The number of amides is 1. The molecule has 0 radical (unpaired) electrons. The molecule has 8 heteroatoms. The van der Waals surface area contributed by atoms with E-state index >= 15 is 0 Å². The quantitative estimate of drug-likeness (QED) is 0.330. The van der Waals surface area contributed by atoms with Crippen molar-refractivity contribution in [3.8, 4) is 0 Å². The summed E-state index contributed by atoms with van der Waals surface area (Å²) in [7, 11) is 3.75. The summed E-state index contributed by atoms with van der Waals surface area (Å²) in [5.41, 5.74) is 0. The van der Waals surface area contributed by atoms with Crippen LogP contribution in [0.3, 0.4) is 0 Å². The first-order chi connectivity index (χ1) is 5.93. The van der Waals surface area contributed by atoms with Crippen LogP contribution in [0.15, 0.2) is 0 Å². The van der Waals surface area contributed by atoms with Crippen LogP contribution in [0.2, 0.25) is 0 Å². The first-order valence-corrected chi connectivity index (χ1v) is 5.28. The fourth-order valence-corrected chi connectivity index (χ4v) is 0.637. The highest BCUT2D eigenvalue weighted by Crippen LogP contribution is 2.03. The van der Waals surface area contributed by atoms with E-state index in [2.05, 4.69) is 65.9 Å². The molecule has 80 valence electrons. The number of ether oxygens (including phenoxy) is 1. The van der Waals surface area contributed by atoms with Gasteiger partial charge in [-0.25, -0.2) is 4.79 Å². The summed E-state index contributed by atoms with van der Waals surface area (Å²) in [5, 5.41) is 4.99. The lowest BCUT2D eigenvalue weighted by atomic mass is 11.1. The molecule has 0 heterocycles. The molecule has 0 aliphatic heterocycles. The van der Waals surface area contributed by atoms with Crippen LogP contribution in [-0.4, -0.2) is 29.7 Å². The van der Waals surface area contributed by atoms with E-state index in [0.717, 1.165) is 0 Å². The van der Waals surface area contributed by atoms with E-state index < -0.39 is 15.6 Å². The molecule has 0 aliphatic carbocycles. The van der Waals surface area contributed by atoms with E-state index in [9.17, 15) is 4.79 Å². The molecule has 0 unspecified atom stereocenters. The summed E-state index contributed by atoms with van der Waals surface area (Å²) >= 11 is 14.9. The molecule has 0 aromatic rings. The molecule has 2 N–H and O–H groups in total. The van der Waals surface area contributed by atoms with Crippen molar-refractivity contribution < 1.29 is 9.53 Å². The van der Waals surface area contributed by atoms with Crippen LogP contribution in [0.1, 0.15) is 0 Å². The predicted molar refractivity (Wildman–Crippen MR) is 68.1 cm³/mol. The number of hydrogen-bond acceptors (Lipinski definition) is 7. The maximum absolute atomic E-state index is 10.5. The van der Waals surface area contributed by atoms with Gasteiger partial charge in [0.2, 0.25) is 0 Å². The number of hydrogen-bond donors (Lipinski definition) is 6. The Bertz CT molecular complexity index is 122. The lowest BCUT2D eigenvalue weighted by molar-refractivity contribution is 0.160. The molecular weight excluding hydrogens is 248 g/mol. The molecule has 4 nitrogen and oxygen atoms in total. The Labute approximate surface area is 100 Å². The maximum atomic E-state index is 10.5. The zero-order chi connectivity index (χ0) is 10.9. The predicted octanol–water partition coefficient (Wildman–Crippen LogP) is 0.835. The second-order valence-corrected chi connectivity index (χ2v) is 4.54. The van der Waals surface area contributed by atoms with Crippen LogP contribution in [0.25, 0.3) is 0 Å². The molecule has 0 rings (SSSR count). The number of carbonyl (C=O) groups is 1. The monoisotopic (exact) mass is 262 g/mol. The standard InChI is InChI=1S/C3H7NO2S4.C2H7N/c5-1(4-2(7)8)6-3(9)10;1-3-2/h2-3,7-10H,(H,4,5);3H,1-2H3. The Morgan fingerprint density at radius 2 is 1.62 bits per heavy atom. The van der Waals surface area contributed by atoms with E-state index in [0.29, 0.717) is 0 Å². The van der Waals surface area contributed by atoms with Crippen molar-refractivity contribution >= 4 is 56.6 Å². The van der Waals surface area contributed by atoms with Crippen molar-refractivity contribution in [3.05, 3.63) is 0 Å². The smallest absolute Gasteiger partial charge is 0.410 e. The topological polar surface area (TPSA) is 50.4 Å². The van der Waals surface area contributed by atoms with Crippen molar-refractivity contribution in [2.75, 3.05) is 14.1 Å². The minimum Gasteiger partial charge on any atom is -0.425 e. The van der Waals surface area contributed by atoms with Gasteiger partial charge >= 0.3 is 6.09 Å². The fourth-order valence-electron chi connectivity index (χ4n) is 0.235. The Kier molecular flexibility index (Phi) is 13.2. The van der Waals surface area contributed by atoms with E-state index in [1.165, 1.54) is 0 Å². The third kappa shape index (κ3) is 19.2.